The Morgan fingerprint density at radius 3 is 2.79 bits per heavy atom. The van der Waals surface area contributed by atoms with E-state index in [1.54, 1.807) is 23.7 Å². The number of anilines is 1. The maximum Gasteiger partial charge on any atom is 0.332 e. The molecule has 1 N–H and O–H groups in total. The SMILES string of the molecule is Cn1c(=O)c2c(SCC(=O)Nc3nccs3)nc(-c3ccco3)nc2n(C)c1=O. The number of thioether (sulfide) groups is 1. The fraction of sp³-hybridized carbons (Fsp3) is 0.176. The molecule has 4 aromatic heterocycles. The molecule has 148 valence electrons. The summed E-state index contributed by atoms with van der Waals surface area (Å²) < 4.78 is 7.60. The van der Waals surface area contributed by atoms with Gasteiger partial charge in [-0.2, -0.15) is 0 Å². The first-order valence-corrected chi connectivity index (χ1v) is 10.2. The predicted octanol–water partition coefficient (Wildman–Crippen LogP) is 1.47. The standard InChI is InChI=1S/C17H14N6O4S2/c1-22-13-11(15(25)23(2)17(22)26)14(21-12(20-13)9-4-3-6-27-9)29-8-10(24)19-16-18-5-7-28-16/h3-7H,8H2,1-2H3,(H,18,19,24). The summed E-state index contributed by atoms with van der Waals surface area (Å²) in [5.74, 6) is 0.301. The van der Waals surface area contributed by atoms with Gasteiger partial charge in [0.1, 0.15) is 10.4 Å². The van der Waals surface area contributed by atoms with Crippen molar-refractivity contribution in [1.29, 1.82) is 0 Å². The zero-order valence-corrected chi connectivity index (χ0v) is 16.9. The first-order chi connectivity index (χ1) is 14.0. The summed E-state index contributed by atoms with van der Waals surface area (Å²) in [6, 6.07) is 3.35. The van der Waals surface area contributed by atoms with Crippen molar-refractivity contribution in [3.63, 3.8) is 0 Å². The van der Waals surface area contributed by atoms with Crippen molar-refractivity contribution in [3.8, 4) is 11.6 Å². The van der Waals surface area contributed by atoms with Crippen LogP contribution in [0.1, 0.15) is 0 Å². The number of nitrogens with one attached hydrogen (secondary N) is 1. The number of aryl methyl sites for hydroxylation is 1. The van der Waals surface area contributed by atoms with Crippen LogP contribution in [0, 0.1) is 0 Å². The van der Waals surface area contributed by atoms with Crippen LogP contribution < -0.4 is 16.6 Å². The van der Waals surface area contributed by atoms with Gasteiger partial charge < -0.3 is 9.73 Å². The Morgan fingerprint density at radius 2 is 2.10 bits per heavy atom. The van der Waals surface area contributed by atoms with E-state index < -0.39 is 11.2 Å². The van der Waals surface area contributed by atoms with Gasteiger partial charge in [0, 0.05) is 25.7 Å². The van der Waals surface area contributed by atoms with Crippen molar-refractivity contribution in [2.45, 2.75) is 5.03 Å². The van der Waals surface area contributed by atoms with Gasteiger partial charge >= 0.3 is 5.69 Å². The van der Waals surface area contributed by atoms with Crippen LogP contribution in [0.5, 0.6) is 0 Å². The Bertz CT molecular complexity index is 1310. The average Bonchev–Trinajstić information content (AvgIpc) is 3.42. The summed E-state index contributed by atoms with van der Waals surface area (Å²) in [4.78, 5) is 50.1. The molecular weight excluding hydrogens is 416 g/mol. The summed E-state index contributed by atoms with van der Waals surface area (Å²) in [5, 5.41) is 5.36. The molecule has 0 saturated carbocycles. The predicted molar refractivity (Wildman–Crippen MR) is 109 cm³/mol. The molecule has 29 heavy (non-hydrogen) atoms. The smallest absolute Gasteiger partial charge is 0.332 e. The number of amides is 1. The van der Waals surface area contributed by atoms with E-state index in [4.69, 9.17) is 4.42 Å². The van der Waals surface area contributed by atoms with Crippen molar-refractivity contribution in [1.82, 2.24) is 24.1 Å². The number of aromatic nitrogens is 5. The van der Waals surface area contributed by atoms with E-state index in [9.17, 15) is 14.4 Å². The van der Waals surface area contributed by atoms with E-state index in [2.05, 4.69) is 20.3 Å². The Balaban J connectivity index is 1.79. The number of nitrogens with zero attached hydrogens (tertiary/aromatic N) is 5. The molecule has 0 unspecified atom stereocenters. The quantitative estimate of drug-likeness (QED) is 0.373. The molecule has 4 heterocycles. The molecule has 12 heteroatoms. The zero-order valence-electron chi connectivity index (χ0n) is 15.3. The molecule has 4 rings (SSSR count). The number of hydrogen-bond acceptors (Lipinski definition) is 9. The number of carbonyl (C=O) groups is 1. The highest BCUT2D eigenvalue weighted by Crippen LogP contribution is 2.26. The van der Waals surface area contributed by atoms with Crippen LogP contribution in [0.4, 0.5) is 5.13 Å². The number of hydrogen-bond donors (Lipinski definition) is 1. The highest BCUT2D eigenvalue weighted by Gasteiger charge is 2.20. The lowest BCUT2D eigenvalue weighted by atomic mass is 10.3. The van der Waals surface area contributed by atoms with E-state index in [-0.39, 0.29) is 33.5 Å². The van der Waals surface area contributed by atoms with Crippen LogP contribution in [-0.2, 0) is 18.9 Å². The minimum absolute atomic E-state index is 0.00468. The van der Waals surface area contributed by atoms with Gasteiger partial charge in [0.15, 0.2) is 22.4 Å². The van der Waals surface area contributed by atoms with Crippen molar-refractivity contribution >= 4 is 45.2 Å². The third-order valence-corrected chi connectivity index (χ3v) is 5.69. The largest absolute Gasteiger partial charge is 0.461 e. The zero-order chi connectivity index (χ0) is 20.5. The Hall–Kier alpha value is -3.25. The first kappa shape index (κ1) is 19.1. The van der Waals surface area contributed by atoms with Gasteiger partial charge in [0.25, 0.3) is 5.56 Å². The van der Waals surface area contributed by atoms with Gasteiger partial charge in [-0.3, -0.25) is 18.7 Å². The molecule has 0 aromatic carbocycles. The molecule has 0 fully saturated rings. The lowest BCUT2D eigenvalue weighted by Crippen LogP contribution is -2.37. The Labute approximate surface area is 171 Å². The molecule has 0 aliphatic rings. The summed E-state index contributed by atoms with van der Waals surface area (Å²) in [7, 11) is 2.90. The van der Waals surface area contributed by atoms with Crippen molar-refractivity contribution in [2.75, 3.05) is 11.1 Å². The molecule has 10 nitrogen and oxygen atoms in total. The molecule has 1 amide bonds. The Morgan fingerprint density at radius 1 is 1.28 bits per heavy atom. The number of carbonyl (C=O) groups excluding carboxylic acids is 1. The van der Waals surface area contributed by atoms with Crippen molar-refractivity contribution in [2.24, 2.45) is 14.1 Å². The molecule has 0 aliphatic heterocycles. The Kier molecular flexibility index (Phi) is 5.03. The minimum Gasteiger partial charge on any atom is -0.461 e. The van der Waals surface area contributed by atoms with Crippen molar-refractivity contribution in [3.05, 3.63) is 50.8 Å². The van der Waals surface area contributed by atoms with Gasteiger partial charge in [-0.05, 0) is 12.1 Å². The molecule has 0 spiro atoms. The van der Waals surface area contributed by atoms with Crippen molar-refractivity contribution < 1.29 is 9.21 Å². The molecular formula is C17H14N6O4S2. The third-order valence-electron chi connectivity index (χ3n) is 4.03. The number of furan rings is 1. The highest BCUT2D eigenvalue weighted by atomic mass is 32.2. The highest BCUT2D eigenvalue weighted by molar-refractivity contribution is 8.00. The minimum atomic E-state index is -0.531. The molecule has 0 atom stereocenters. The first-order valence-electron chi connectivity index (χ1n) is 8.29. The fourth-order valence-corrected chi connectivity index (χ4v) is 3.98. The van der Waals surface area contributed by atoms with Crippen LogP contribution in [0.15, 0.2) is 49.0 Å². The van der Waals surface area contributed by atoms with Crippen LogP contribution in [-0.4, -0.2) is 35.7 Å². The van der Waals surface area contributed by atoms with Gasteiger partial charge in [-0.15, -0.1) is 11.3 Å². The van der Waals surface area contributed by atoms with Crippen LogP contribution >= 0.6 is 23.1 Å². The number of rotatable bonds is 5. The van der Waals surface area contributed by atoms with Crippen LogP contribution in [0.25, 0.3) is 22.6 Å². The van der Waals surface area contributed by atoms with Gasteiger partial charge in [-0.1, -0.05) is 11.8 Å². The number of thiazole rings is 1. The third kappa shape index (κ3) is 3.59. The van der Waals surface area contributed by atoms with Gasteiger partial charge in [-0.25, -0.2) is 19.7 Å². The maximum absolute atomic E-state index is 12.7. The molecule has 0 bridgehead atoms. The topological polar surface area (TPSA) is 125 Å². The molecule has 4 aromatic rings. The summed E-state index contributed by atoms with van der Waals surface area (Å²) in [6.07, 6.45) is 3.06. The summed E-state index contributed by atoms with van der Waals surface area (Å²) in [5.41, 5.74) is -0.872. The van der Waals surface area contributed by atoms with Crippen LogP contribution in [0.3, 0.4) is 0 Å². The second-order valence-electron chi connectivity index (χ2n) is 5.91. The molecule has 0 radical (unpaired) electrons. The van der Waals surface area contributed by atoms with Gasteiger partial charge in [0.05, 0.1) is 12.0 Å². The second kappa shape index (κ2) is 7.64. The second-order valence-corrected chi connectivity index (χ2v) is 7.77. The van der Waals surface area contributed by atoms with E-state index in [1.807, 2.05) is 0 Å². The molecule has 0 aliphatic carbocycles. The summed E-state index contributed by atoms with van der Waals surface area (Å²) >= 11 is 2.37. The summed E-state index contributed by atoms with van der Waals surface area (Å²) in [6.45, 7) is 0. The monoisotopic (exact) mass is 430 g/mol. The number of fused-ring (bicyclic) bond motifs is 1. The lowest BCUT2D eigenvalue weighted by Gasteiger charge is -2.11. The average molecular weight is 430 g/mol. The maximum atomic E-state index is 12.7. The fourth-order valence-electron chi connectivity index (χ4n) is 2.62. The van der Waals surface area contributed by atoms with E-state index in [1.165, 1.54) is 36.3 Å². The van der Waals surface area contributed by atoms with E-state index in [0.29, 0.717) is 10.9 Å². The van der Waals surface area contributed by atoms with E-state index >= 15 is 0 Å². The van der Waals surface area contributed by atoms with Gasteiger partial charge in [0.2, 0.25) is 5.91 Å². The van der Waals surface area contributed by atoms with Crippen LogP contribution in [0.2, 0.25) is 0 Å². The normalized spacial score (nSPS) is 11.1. The molecule has 0 saturated heterocycles. The van der Waals surface area contributed by atoms with E-state index in [0.717, 1.165) is 16.3 Å². The lowest BCUT2D eigenvalue weighted by molar-refractivity contribution is -0.113.